The van der Waals surface area contributed by atoms with Crippen molar-refractivity contribution in [1.29, 1.82) is 0 Å². The number of piperazine rings is 1. The first-order chi connectivity index (χ1) is 13.1. The summed E-state index contributed by atoms with van der Waals surface area (Å²) in [7, 11) is 2.18. The first kappa shape index (κ1) is 19.5. The molecule has 1 aliphatic rings. The van der Waals surface area contributed by atoms with Crippen LogP contribution >= 0.6 is 0 Å². The Morgan fingerprint density at radius 2 is 1.56 bits per heavy atom. The van der Waals surface area contributed by atoms with Crippen LogP contribution in [0.25, 0.3) is 0 Å². The van der Waals surface area contributed by atoms with Crippen LogP contribution < -0.4 is 0 Å². The molecule has 0 aromatic heterocycles. The molecule has 5 heteroatoms. The number of carboxylic acids is 1. The average Bonchev–Trinajstić information content (AvgIpc) is 2.69. The van der Waals surface area contributed by atoms with Gasteiger partial charge in [-0.25, -0.2) is 4.79 Å². The molecule has 2 aromatic carbocycles. The summed E-state index contributed by atoms with van der Waals surface area (Å²) in [5, 5.41) is 8.98. The van der Waals surface area contributed by atoms with Gasteiger partial charge in [0.05, 0.1) is 5.56 Å². The fourth-order valence-electron chi connectivity index (χ4n) is 3.47. The minimum atomic E-state index is -0.868. The van der Waals surface area contributed by atoms with E-state index in [-0.39, 0.29) is 0 Å². The molecular formula is C22H29N3O2. The Morgan fingerprint density at radius 1 is 0.926 bits per heavy atom. The molecule has 1 aliphatic heterocycles. The SMILES string of the molecule is CN(CCN1CCN(Cc2ccc(C(=O)O)cc2)CC1)Cc1ccccc1. The Balaban J connectivity index is 1.36. The van der Waals surface area contributed by atoms with Crippen molar-refractivity contribution in [3.8, 4) is 0 Å². The highest BCUT2D eigenvalue weighted by atomic mass is 16.4. The number of rotatable bonds is 8. The van der Waals surface area contributed by atoms with E-state index in [1.807, 2.05) is 12.1 Å². The van der Waals surface area contributed by atoms with Crippen LogP contribution in [0.15, 0.2) is 54.6 Å². The van der Waals surface area contributed by atoms with Gasteiger partial charge >= 0.3 is 5.97 Å². The van der Waals surface area contributed by atoms with Crippen molar-refractivity contribution < 1.29 is 9.90 Å². The summed E-state index contributed by atoms with van der Waals surface area (Å²) in [6, 6.07) is 17.8. The van der Waals surface area contributed by atoms with E-state index in [1.54, 1.807) is 12.1 Å². The maximum absolute atomic E-state index is 10.9. The summed E-state index contributed by atoms with van der Waals surface area (Å²) >= 11 is 0. The van der Waals surface area contributed by atoms with Gasteiger partial charge in [0.2, 0.25) is 0 Å². The number of nitrogens with zero attached hydrogens (tertiary/aromatic N) is 3. The van der Waals surface area contributed by atoms with Crippen molar-refractivity contribution in [3.05, 3.63) is 71.3 Å². The lowest BCUT2D eigenvalue weighted by molar-refractivity contribution is 0.0697. The normalized spacial score (nSPS) is 15.9. The van der Waals surface area contributed by atoms with Crippen molar-refractivity contribution in [2.24, 2.45) is 0 Å². The highest BCUT2D eigenvalue weighted by molar-refractivity contribution is 5.87. The fourth-order valence-corrected chi connectivity index (χ4v) is 3.47. The van der Waals surface area contributed by atoms with Gasteiger partial charge in [0.25, 0.3) is 0 Å². The van der Waals surface area contributed by atoms with Crippen LogP contribution in [0.2, 0.25) is 0 Å². The molecule has 0 bridgehead atoms. The summed E-state index contributed by atoms with van der Waals surface area (Å²) in [5.74, 6) is -0.868. The molecule has 3 rings (SSSR count). The third kappa shape index (κ3) is 6.17. The van der Waals surface area contributed by atoms with E-state index in [9.17, 15) is 4.79 Å². The van der Waals surface area contributed by atoms with Crippen molar-refractivity contribution in [2.45, 2.75) is 13.1 Å². The molecule has 1 N–H and O–H groups in total. The topological polar surface area (TPSA) is 47.0 Å². The zero-order valence-electron chi connectivity index (χ0n) is 16.1. The van der Waals surface area contributed by atoms with E-state index in [0.29, 0.717) is 5.56 Å². The monoisotopic (exact) mass is 367 g/mol. The summed E-state index contributed by atoms with van der Waals surface area (Å²) in [4.78, 5) is 18.3. The van der Waals surface area contributed by atoms with Gasteiger partial charge in [-0.3, -0.25) is 9.80 Å². The molecule has 0 unspecified atom stereocenters. The molecule has 1 fully saturated rings. The van der Waals surface area contributed by atoms with Gasteiger partial charge in [0.1, 0.15) is 0 Å². The summed E-state index contributed by atoms with van der Waals surface area (Å²) < 4.78 is 0. The van der Waals surface area contributed by atoms with Crippen LogP contribution in [0.1, 0.15) is 21.5 Å². The molecule has 0 aliphatic carbocycles. The maximum atomic E-state index is 10.9. The predicted octanol–water partition coefficient (Wildman–Crippen LogP) is 2.63. The number of carbonyl (C=O) groups is 1. The third-order valence-corrected chi connectivity index (χ3v) is 5.17. The molecule has 0 radical (unpaired) electrons. The van der Waals surface area contributed by atoms with E-state index in [0.717, 1.165) is 52.4 Å². The second-order valence-electron chi connectivity index (χ2n) is 7.34. The van der Waals surface area contributed by atoms with Crippen molar-refractivity contribution in [3.63, 3.8) is 0 Å². The minimum Gasteiger partial charge on any atom is -0.478 e. The van der Waals surface area contributed by atoms with E-state index in [4.69, 9.17) is 5.11 Å². The van der Waals surface area contributed by atoms with Gasteiger partial charge in [0, 0.05) is 52.4 Å². The third-order valence-electron chi connectivity index (χ3n) is 5.17. The Hall–Kier alpha value is -2.21. The summed E-state index contributed by atoms with van der Waals surface area (Å²) in [6.45, 7) is 8.36. The number of likely N-dealkylation sites (N-methyl/N-ethyl adjacent to an activating group) is 1. The van der Waals surface area contributed by atoms with Crippen LogP contribution in [-0.2, 0) is 13.1 Å². The van der Waals surface area contributed by atoms with Gasteiger partial charge in [0.15, 0.2) is 0 Å². The number of aromatic carboxylic acids is 1. The number of hydrogen-bond donors (Lipinski definition) is 1. The lowest BCUT2D eigenvalue weighted by Gasteiger charge is -2.35. The quantitative estimate of drug-likeness (QED) is 0.777. The molecule has 2 aromatic rings. The van der Waals surface area contributed by atoms with E-state index >= 15 is 0 Å². The van der Waals surface area contributed by atoms with Crippen LogP contribution in [0, 0.1) is 0 Å². The summed E-state index contributed by atoms with van der Waals surface area (Å²) in [6.07, 6.45) is 0. The molecule has 1 saturated heterocycles. The van der Waals surface area contributed by atoms with Crippen molar-refractivity contribution >= 4 is 5.97 Å². The highest BCUT2D eigenvalue weighted by Crippen LogP contribution is 2.11. The molecular weight excluding hydrogens is 338 g/mol. The van der Waals surface area contributed by atoms with Crippen LogP contribution in [-0.4, -0.2) is 72.1 Å². The Bertz CT molecular complexity index is 710. The van der Waals surface area contributed by atoms with Crippen molar-refractivity contribution in [2.75, 3.05) is 46.3 Å². The fraction of sp³-hybridized carbons (Fsp3) is 0.409. The van der Waals surface area contributed by atoms with Gasteiger partial charge in [-0.05, 0) is 30.3 Å². The molecule has 0 spiro atoms. The molecule has 5 nitrogen and oxygen atoms in total. The lowest BCUT2D eigenvalue weighted by Crippen LogP contribution is -2.47. The zero-order chi connectivity index (χ0) is 19.1. The molecule has 1 heterocycles. The zero-order valence-corrected chi connectivity index (χ0v) is 16.1. The average molecular weight is 367 g/mol. The largest absolute Gasteiger partial charge is 0.478 e. The number of benzene rings is 2. The Morgan fingerprint density at radius 3 is 2.19 bits per heavy atom. The maximum Gasteiger partial charge on any atom is 0.335 e. The first-order valence-electron chi connectivity index (χ1n) is 9.59. The molecule has 0 saturated carbocycles. The molecule has 144 valence electrons. The van der Waals surface area contributed by atoms with Gasteiger partial charge < -0.3 is 10.0 Å². The van der Waals surface area contributed by atoms with E-state index in [2.05, 4.69) is 52.1 Å². The van der Waals surface area contributed by atoms with E-state index in [1.165, 1.54) is 11.1 Å². The second-order valence-corrected chi connectivity index (χ2v) is 7.34. The minimum absolute atomic E-state index is 0.350. The lowest BCUT2D eigenvalue weighted by atomic mass is 10.1. The smallest absolute Gasteiger partial charge is 0.335 e. The molecule has 27 heavy (non-hydrogen) atoms. The molecule has 0 amide bonds. The standard InChI is InChI=1S/C22H29N3O2/c1-23(17-19-5-3-2-4-6-19)11-12-24-13-15-25(16-14-24)18-20-7-9-21(10-8-20)22(26)27/h2-10H,11-18H2,1H3,(H,26,27). The molecule has 0 atom stereocenters. The highest BCUT2D eigenvalue weighted by Gasteiger charge is 2.17. The van der Waals surface area contributed by atoms with Gasteiger partial charge in [-0.2, -0.15) is 0 Å². The Labute approximate surface area is 161 Å². The van der Waals surface area contributed by atoms with Crippen LogP contribution in [0.4, 0.5) is 0 Å². The summed E-state index contributed by atoms with van der Waals surface area (Å²) in [5.41, 5.74) is 2.89. The van der Waals surface area contributed by atoms with Crippen LogP contribution in [0.3, 0.4) is 0 Å². The van der Waals surface area contributed by atoms with Gasteiger partial charge in [-0.1, -0.05) is 42.5 Å². The second kappa shape index (κ2) is 9.65. The first-order valence-corrected chi connectivity index (χ1v) is 9.59. The number of hydrogen-bond acceptors (Lipinski definition) is 4. The van der Waals surface area contributed by atoms with Crippen molar-refractivity contribution in [1.82, 2.24) is 14.7 Å². The Kier molecular flexibility index (Phi) is 6.98. The number of carboxylic acid groups (broad SMARTS) is 1. The van der Waals surface area contributed by atoms with E-state index < -0.39 is 5.97 Å². The van der Waals surface area contributed by atoms with Crippen LogP contribution in [0.5, 0.6) is 0 Å². The predicted molar refractivity (Wildman–Crippen MR) is 108 cm³/mol. The van der Waals surface area contributed by atoms with Gasteiger partial charge in [-0.15, -0.1) is 0 Å².